The van der Waals surface area contributed by atoms with E-state index in [1.54, 1.807) is 6.20 Å². The maximum atomic E-state index is 5.77. The molecule has 0 bridgehead atoms. The fourth-order valence-corrected chi connectivity index (χ4v) is 2.02. The van der Waals surface area contributed by atoms with Crippen molar-refractivity contribution >= 4 is 17.1 Å². The Bertz CT molecular complexity index is 510. The van der Waals surface area contributed by atoms with Gasteiger partial charge in [0.2, 0.25) is 0 Å². The van der Waals surface area contributed by atoms with Crippen LogP contribution >= 0.6 is 0 Å². The third kappa shape index (κ3) is 16.9. The molecule has 0 aliphatic carbocycles. The molecule has 0 saturated heterocycles. The summed E-state index contributed by atoms with van der Waals surface area (Å²) in [4.78, 5) is 0. The van der Waals surface area contributed by atoms with Crippen molar-refractivity contribution in [2.24, 2.45) is 16.7 Å². The second-order valence-corrected chi connectivity index (χ2v) is 5.69. The Kier molecular flexibility index (Phi) is 23.8. The summed E-state index contributed by atoms with van der Waals surface area (Å²) in [5, 5.41) is 6.58. The van der Waals surface area contributed by atoms with Crippen LogP contribution in [0.25, 0.3) is 0 Å². The largest absolute Gasteiger partial charge is 0.397 e. The van der Waals surface area contributed by atoms with E-state index in [0.717, 1.165) is 36.5 Å². The second-order valence-electron chi connectivity index (χ2n) is 5.69. The number of nitrogens with one attached hydrogen (secondary N) is 1. The Morgan fingerprint density at radius 2 is 1.59 bits per heavy atom. The molecule has 7 N–H and O–H groups in total. The van der Waals surface area contributed by atoms with Crippen molar-refractivity contribution in [3.63, 3.8) is 0 Å². The normalized spacial score (nSPS) is 9.48. The first kappa shape index (κ1) is 29.5. The Labute approximate surface area is 167 Å². The molecule has 1 rings (SSSR count). The van der Waals surface area contributed by atoms with Crippen molar-refractivity contribution in [3.05, 3.63) is 49.2 Å². The van der Waals surface area contributed by atoms with E-state index in [1.165, 1.54) is 30.4 Å². The standard InChI is InChI=1S/C10H14N2.C8H19N3.C2H6.C2H4/c1-4-12-10-6-8(3)7(2)5-9(10)11;1-8(11-10)6-4-2-3-5-7-9;2*1-2/h4-6,12H,1,11H2,2-3H3;2-7,9-10H2,1H3;1-2H3;1-2H2/b;11-8+;;. The van der Waals surface area contributed by atoms with Gasteiger partial charge < -0.3 is 22.6 Å². The van der Waals surface area contributed by atoms with Gasteiger partial charge in [-0.25, -0.2) is 0 Å². The number of hydrogen-bond donors (Lipinski definition) is 4. The minimum absolute atomic E-state index is 0.762. The van der Waals surface area contributed by atoms with E-state index in [2.05, 4.69) is 37.1 Å². The molecule has 0 radical (unpaired) electrons. The number of aryl methyl sites for hydroxylation is 2. The maximum Gasteiger partial charge on any atom is 0.0616 e. The molecular formula is C22H43N5. The first-order valence-electron chi connectivity index (χ1n) is 9.63. The molecule has 5 nitrogen and oxygen atoms in total. The smallest absolute Gasteiger partial charge is 0.0616 e. The average Bonchev–Trinajstić information content (AvgIpc) is 2.69. The highest BCUT2D eigenvalue weighted by atomic mass is 15.1. The van der Waals surface area contributed by atoms with Crippen molar-refractivity contribution in [1.82, 2.24) is 0 Å². The highest BCUT2D eigenvalue weighted by Gasteiger charge is 1.99. The molecule has 0 saturated carbocycles. The minimum atomic E-state index is 0.762. The van der Waals surface area contributed by atoms with Gasteiger partial charge in [0.25, 0.3) is 0 Å². The summed E-state index contributed by atoms with van der Waals surface area (Å²) >= 11 is 0. The highest BCUT2D eigenvalue weighted by Crippen LogP contribution is 2.22. The van der Waals surface area contributed by atoms with Crippen LogP contribution in [0, 0.1) is 13.8 Å². The molecule has 0 heterocycles. The van der Waals surface area contributed by atoms with Gasteiger partial charge in [0.15, 0.2) is 0 Å². The van der Waals surface area contributed by atoms with Gasteiger partial charge in [-0.05, 0) is 76.0 Å². The number of nitrogens with zero attached hydrogens (tertiary/aromatic N) is 1. The van der Waals surface area contributed by atoms with Crippen molar-refractivity contribution in [2.45, 2.75) is 66.7 Å². The molecule has 0 fully saturated rings. The number of anilines is 2. The lowest BCUT2D eigenvalue weighted by Crippen LogP contribution is -1.99. The minimum Gasteiger partial charge on any atom is -0.397 e. The van der Waals surface area contributed by atoms with Gasteiger partial charge in [-0.2, -0.15) is 5.10 Å². The van der Waals surface area contributed by atoms with Gasteiger partial charge >= 0.3 is 0 Å². The van der Waals surface area contributed by atoms with Crippen LogP contribution < -0.4 is 22.6 Å². The third-order valence-corrected chi connectivity index (χ3v) is 3.64. The van der Waals surface area contributed by atoms with E-state index >= 15 is 0 Å². The predicted molar refractivity (Wildman–Crippen MR) is 126 cm³/mol. The molecule has 0 aromatic heterocycles. The monoisotopic (exact) mass is 377 g/mol. The summed E-state index contributed by atoms with van der Waals surface area (Å²) < 4.78 is 0. The number of unbranched alkanes of at least 4 members (excludes halogenated alkanes) is 3. The summed E-state index contributed by atoms with van der Waals surface area (Å²) in [5.74, 6) is 5.08. The molecule has 0 atom stereocenters. The van der Waals surface area contributed by atoms with Crippen LogP contribution in [-0.4, -0.2) is 12.3 Å². The number of benzene rings is 1. The maximum absolute atomic E-state index is 5.77. The van der Waals surface area contributed by atoms with E-state index in [1.807, 2.05) is 39.8 Å². The number of nitrogen functional groups attached to an aromatic ring is 1. The van der Waals surface area contributed by atoms with Crippen LogP contribution in [0.2, 0.25) is 0 Å². The van der Waals surface area contributed by atoms with E-state index < -0.39 is 0 Å². The van der Waals surface area contributed by atoms with E-state index in [9.17, 15) is 0 Å². The fraction of sp³-hybridized carbons (Fsp3) is 0.500. The molecule has 5 heteroatoms. The van der Waals surface area contributed by atoms with Gasteiger partial charge in [0.1, 0.15) is 0 Å². The average molecular weight is 378 g/mol. The number of nitrogens with two attached hydrogens (primary N) is 3. The molecule has 0 spiro atoms. The van der Waals surface area contributed by atoms with Gasteiger partial charge in [-0.15, -0.1) is 13.2 Å². The highest BCUT2D eigenvalue weighted by molar-refractivity contribution is 5.81. The lowest BCUT2D eigenvalue weighted by molar-refractivity contribution is 0.658. The molecular weight excluding hydrogens is 334 g/mol. The van der Waals surface area contributed by atoms with Crippen LogP contribution in [0.4, 0.5) is 11.4 Å². The van der Waals surface area contributed by atoms with E-state index in [0.29, 0.717) is 0 Å². The van der Waals surface area contributed by atoms with Crippen molar-refractivity contribution in [2.75, 3.05) is 17.6 Å². The van der Waals surface area contributed by atoms with Crippen molar-refractivity contribution in [1.29, 1.82) is 0 Å². The predicted octanol–water partition coefficient (Wildman–Crippen LogP) is 5.50. The van der Waals surface area contributed by atoms with E-state index in [4.69, 9.17) is 17.3 Å². The lowest BCUT2D eigenvalue weighted by atomic mass is 10.1. The summed E-state index contributed by atoms with van der Waals surface area (Å²) in [6, 6.07) is 3.98. The molecule has 0 aliphatic heterocycles. The lowest BCUT2D eigenvalue weighted by Gasteiger charge is -2.08. The van der Waals surface area contributed by atoms with Gasteiger partial charge in [-0.3, -0.25) is 0 Å². The number of hydrogen-bond acceptors (Lipinski definition) is 5. The fourth-order valence-electron chi connectivity index (χ4n) is 2.02. The number of rotatable bonds is 8. The molecule has 0 unspecified atom stereocenters. The van der Waals surface area contributed by atoms with Gasteiger partial charge in [0, 0.05) is 5.71 Å². The zero-order valence-electron chi connectivity index (χ0n) is 18.3. The topological polar surface area (TPSA) is 102 Å². The Morgan fingerprint density at radius 1 is 1.07 bits per heavy atom. The van der Waals surface area contributed by atoms with E-state index in [-0.39, 0.29) is 0 Å². The molecule has 0 amide bonds. The Hall–Kier alpha value is -2.27. The number of hydrazone groups is 1. The molecule has 1 aromatic carbocycles. The van der Waals surface area contributed by atoms with Crippen LogP contribution in [0.5, 0.6) is 0 Å². The van der Waals surface area contributed by atoms with Gasteiger partial charge in [0.05, 0.1) is 11.4 Å². The molecule has 1 aromatic rings. The third-order valence-electron chi connectivity index (χ3n) is 3.64. The second kappa shape index (κ2) is 21.8. The van der Waals surface area contributed by atoms with Crippen molar-refractivity contribution < 1.29 is 0 Å². The van der Waals surface area contributed by atoms with Crippen LogP contribution in [0.15, 0.2) is 43.2 Å². The summed E-state index contributed by atoms with van der Waals surface area (Å²) in [7, 11) is 0. The first-order chi connectivity index (χ1) is 13.0. The Balaban J connectivity index is -0.000000361. The SMILES string of the molecule is C/C(CCCCCCN)=N\N.C=C.C=CNc1cc(C)c(C)cc1N.CC. The zero-order chi connectivity index (χ0) is 21.7. The van der Waals surface area contributed by atoms with Crippen molar-refractivity contribution in [3.8, 4) is 0 Å². The van der Waals surface area contributed by atoms with Crippen LogP contribution in [0.3, 0.4) is 0 Å². The quantitative estimate of drug-likeness (QED) is 0.120. The van der Waals surface area contributed by atoms with Gasteiger partial charge in [-0.1, -0.05) is 33.3 Å². The molecule has 0 aliphatic rings. The summed E-state index contributed by atoms with van der Waals surface area (Å²) in [6.07, 6.45) is 7.45. The first-order valence-corrected chi connectivity index (χ1v) is 9.63. The molecule has 156 valence electrons. The summed E-state index contributed by atoms with van der Waals surface area (Å²) in [5.41, 5.74) is 16.3. The molecule has 27 heavy (non-hydrogen) atoms. The zero-order valence-corrected chi connectivity index (χ0v) is 18.3. The Morgan fingerprint density at radius 3 is 2.07 bits per heavy atom. The summed E-state index contributed by atoms with van der Waals surface area (Å²) in [6.45, 7) is 20.5. The van der Waals surface area contributed by atoms with Crippen LogP contribution in [-0.2, 0) is 0 Å². The van der Waals surface area contributed by atoms with Crippen LogP contribution in [0.1, 0.15) is 64.0 Å².